The largest absolute Gasteiger partial charge is 0.0726 e. The lowest BCUT2D eigenvalue weighted by Gasteiger charge is -2.28. The molecule has 0 aliphatic heterocycles. The Balaban J connectivity index is 1.48. The van der Waals surface area contributed by atoms with Gasteiger partial charge in [0.2, 0.25) is 0 Å². The van der Waals surface area contributed by atoms with E-state index >= 15 is 0 Å². The molecule has 0 aromatic heterocycles. The maximum Gasteiger partial charge on any atom is 0.0249 e. The number of unbranched alkanes of at least 4 members (excludes halogenated alkanes) is 2. The van der Waals surface area contributed by atoms with Crippen molar-refractivity contribution in [2.75, 3.05) is 0 Å². The summed E-state index contributed by atoms with van der Waals surface area (Å²) >= 11 is 0. The van der Waals surface area contributed by atoms with Crippen LogP contribution in [0.2, 0.25) is 0 Å². The summed E-state index contributed by atoms with van der Waals surface area (Å²) in [6.07, 6.45) is 20.1. The highest BCUT2D eigenvalue weighted by Gasteiger charge is 2.21. The van der Waals surface area contributed by atoms with Crippen molar-refractivity contribution in [1.29, 1.82) is 0 Å². The van der Waals surface area contributed by atoms with Crippen molar-refractivity contribution in [3.63, 3.8) is 0 Å². The monoisotopic (exact) mass is 376 g/mol. The van der Waals surface area contributed by atoms with Gasteiger partial charge < -0.3 is 0 Å². The van der Waals surface area contributed by atoms with E-state index in [2.05, 4.69) is 56.0 Å². The molecule has 3 rings (SSSR count). The fourth-order valence-corrected chi connectivity index (χ4v) is 5.13. The van der Waals surface area contributed by atoms with Gasteiger partial charge in [0.15, 0.2) is 0 Å². The summed E-state index contributed by atoms with van der Waals surface area (Å²) in [6, 6.07) is 9.18. The van der Waals surface area contributed by atoms with Gasteiger partial charge in [-0.3, -0.25) is 0 Å². The zero-order valence-corrected chi connectivity index (χ0v) is 18.3. The zero-order valence-electron chi connectivity index (χ0n) is 18.3. The van der Waals surface area contributed by atoms with Crippen molar-refractivity contribution in [3.8, 4) is 11.8 Å². The highest BCUT2D eigenvalue weighted by Crippen LogP contribution is 2.37. The summed E-state index contributed by atoms with van der Waals surface area (Å²) in [4.78, 5) is 0. The summed E-state index contributed by atoms with van der Waals surface area (Å²) in [5.74, 6) is 9.55. The molecule has 1 fully saturated rings. The SMILES string of the molecule is CCCCCC1CC=C(C#Cc2ccc(C3CCC(CCC)CC3)cc2)CC1. The third-order valence-electron chi connectivity index (χ3n) is 7.03. The Kier molecular flexibility index (Phi) is 8.72. The quantitative estimate of drug-likeness (QED) is 0.331. The fourth-order valence-electron chi connectivity index (χ4n) is 5.13. The van der Waals surface area contributed by atoms with E-state index in [0.717, 1.165) is 17.8 Å². The summed E-state index contributed by atoms with van der Waals surface area (Å²) in [5.41, 5.74) is 4.08. The molecule has 0 saturated heterocycles. The third-order valence-corrected chi connectivity index (χ3v) is 7.03. The number of hydrogen-bond acceptors (Lipinski definition) is 0. The highest BCUT2D eigenvalue weighted by atomic mass is 14.3. The van der Waals surface area contributed by atoms with E-state index in [9.17, 15) is 0 Å². The number of hydrogen-bond donors (Lipinski definition) is 0. The second-order valence-electron chi connectivity index (χ2n) is 9.24. The lowest BCUT2D eigenvalue weighted by Crippen LogP contribution is -2.13. The molecule has 28 heavy (non-hydrogen) atoms. The number of rotatable bonds is 7. The van der Waals surface area contributed by atoms with E-state index in [0.29, 0.717) is 0 Å². The minimum absolute atomic E-state index is 0.779. The molecule has 2 aliphatic carbocycles. The summed E-state index contributed by atoms with van der Waals surface area (Å²) < 4.78 is 0. The molecule has 2 aliphatic rings. The molecule has 1 saturated carbocycles. The molecule has 0 N–H and O–H groups in total. The smallest absolute Gasteiger partial charge is 0.0249 e. The van der Waals surface area contributed by atoms with Gasteiger partial charge in [-0.1, -0.05) is 82.4 Å². The van der Waals surface area contributed by atoms with Crippen LogP contribution in [0.3, 0.4) is 0 Å². The van der Waals surface area contributed by atoms with E-state index in [4.69, 9.17) is 0 Å². The van der Waals surface area contributed by atoms with Gasteiger partial charge in [-0.25, -0.2) is 0 Å². The molecular weight excluding hydrogens is 336 g/mol. The van der Waals surface area contributed by atoms with Crippen molar-refractivity contribution >= 4 is 0 Å². The van der Waals surface area contributed by atoms with Crippen LogP contribution in [0.15, 0.2) is 35.9 Å². The van der Waals surface area contributed by atoms with Crippen molar-refractivity contribution in [2.24, 2.45) is 11.8 Å². The van der Waals surface area contributed by atoms with Crippen LogP contribution in [0.5, 0.6) is 0 Å². The summed E-state index contributed by atoms with van der Waals surface area (Å²) in [7, 11) is 0. The Labute approximate surface area is 174 Å². The minimum Gasteiger partial charge on any atom is -0.0726 e. The van der Waals surface area contributed by atoms with Gasteiger partial charge in [-0.05, 0) is 86.0 Å². The first kappa shape index (κ1) is 21.2. The molecule has 0 nitrogen and oxygen atoms in total. The molecular formula is C28H40. The lowest BCUT2D eigenvalue weighted by molar-refractivity contribution is 0.308. The molecule has 1 aromatic rings. The molecule has 0 spiro atoms. The van der Waals surface area contributed by atoms with Gasteiger partial charge in [0, 0.05) is 5.56 Å². The van der Waals surface area contributed by atoms with Crippen LogP contribution < -0.4 is 0 Å². The van der Waals surface area contributed by atoms with Crippen LogP contribution in [0.25, 0.3) is 0 Å². The van der Waals surface area contributed by atoms with Crippen LogP contribution in [0, 0.1) is 23.7 Å². The first-order chi connectivity index (χ1) is 13.8. The Hall–Kier alpha value is -1.48. The van der Waals surface area contributed by atoms with E-state index < -0.39 is 0 Å². The van der Waals surface area contributed by atoms with E-state index in [1.807, 2.05) is 0 Å². The predicted octanol–water partition coefficient (Wildman–Crippen LogP) is 8.42. The molecule has 0 amide bonds. The normalized spacial score (nSPS) is 24.9. The molecule has 1 unspecified atom stereocenters. The summed E-state index contributed by atoms with van der Waals surface area (Å²) in [6.45, 7) is 4.61. The van der Waals surface area contributed by atoms with Crippen LogP contribution in [0.1, 0.15) is 114 Å². The van der Waals surface area contributed by atoms with Crippen LogP contribution >= 0.6 is 0 Å². The average molecular weight is 377 g/mol. The van der Waals surface area contributed by atoms with Gasteiger partial charge in [0.05, 0.1) is 0 Å². The molecule has 1 atom stereocenters. The van der Waals surface area contributed by atoms with Crippen molar-refractivity contribution < 1.29 is 0 Å². The number of benzene rings is 1. The second-order valence-corrected chi connectivity index (χ2v) is 9.24. The molecule has 0 heterocycles. The zero-order chi connectivity index (χ0) is 19.6. The predicted molar refractivity (Wildman–Crippen MR) is 122 cm³/mol. The maximum atomic E-state index is 3.46. The van der Waals surface area contributed by atoms with Crippen molar-refractivity contribution in [3.05, 3.63) is 47.0 Å². The van der Waals surface area contributed by atoms with E-state index in [1.165, 1.54) is 100 Å². The standard InChI is InChI=1S/C28H40/c1-3-5-6-8-24-9-11-25(12-10-24)13-14-26-17-21-28(22-18-26)27-19-15-23(7-4-2)16-20-27/h11,17-18,21-24,27H,3-10,12,15-16,19-20H2,1-2H3. The molecule has 0 bridgehead atoms. The Morgan fingerprint density at radius 3 is 2.21 bits per heavy atom. The minimum atomic E-state index is 0.779. The Bertz CT molecular complexity index is 658. The second kappa shape index (κ2) is 11.5. The first-order valence-electron chi connectivity index (χ1n) is 12.1. The van der Waals surface area contributed by atoms with Crippen LogP contribution in [-0.4, -0.2) is 0 Å². The van der Waals surface area contributed by atoms with Crippen LogP contribution in [-0.2, 0) is 0 Å². The van der Waals surface area contributed by atoms with Crippen molar-refractivity contribution in [2.45, 2.75) is 103 Å². The molecule has 0 heteroatoms. The Morgan fingerprint density at radius 1 is 0.786 bits per heavy atom. The Morgan fingerprint density at radius 2 is 1.57 bits per heavy atom. The topological polar surface area (TPSA) is 0 Å². The number of allylic oxidation sites excluding steroid dienone is 2. The lowest BCUT2D eigenvalue weighted by atomic mass is 9.77. The molecule has 0 radical (unpaired) electrons. The first-order valence-corrected chi connectivity index (χ1v) is 12.1. The van der Waals surface area contributed by atoms with E-state index in [1.54, 1.807) is 0 Å². The van der Waals surface area contributed by atoms with Gasteiger partial charge in [-0.2, -0.15) is 0 Å². The highest BCUT2D eigenvalue weighted by molar-refractivity contribution is 5.42. The fraction of sp³-hybridized carbons (Fsp3) is 0.643. The van der Waals surface area contributed by atoms with Gasteiger partial charge in [0.1, 0.15) is 0 Å². The molecule has 152 valence electrons. The van der Waals surface area contributed by atoms with E-state index in [-0.39, 0.29) is 0 Å². The van der Waals surface area contributed by atoms with Crippen molar-refractivity contribution in [1.82, 2.24) is 0 Å². The third kappa shape index (κ3) is 6.55. The maximum absolute atomic E-state index is 3.46. The molecule has 1 aromatic carbocycles. The summed E-state index contributed by atoms with van der Waals surface area (Å²) in [5, 5.41) is 0. The van der Waals surface area contributed by atoms with Gasteiger partial charge in [-0.15, -0.1) is 0 Å². The average Bonchev–Trinajstić information content (AvgIpc) is 2.75. The van der Waals surface area contributed by atoms with Gasteiger partial charge >= 0.3 is 0 Å². The van der Waals surface area contributed by atoms with Gasteiger partial charge in [0.25, 0.3) is 0 Å². The van der Waals surface area contributed by atoms with Crippen LogP contribution in [0.4, 0.5) is 0 Å².